The first-order valence-corrected chi connectivity index (χ1v) is 7.02. The fourth-order valence-corrected chi connectivity index (χ4v) is 2.74. The maximum absolute atomic E-state index is 12.0. The number of rotatable bonds is 3. The van der Waals surface area contributed by atoms with E-state index in [1.807, 2.05) is 6.07 Å². The first-order valence-electron chi connectivity index (χ1n) is 7.02. The lowest BCUT2D eigenvalue weighted by molar-refractivity contribution is 0.238. The number of H-pyrrole nitrogens is 1. The number of ether oxygens (including phenoxy) is 1. The van der Waals surface area contributed by atoms with Crippen LogP contribution in [0.5, 0.6) is 11.5 Å². The molecule has 4 N–H and O–H groups in total. The molecule has 1 aliphatic heterocycles. The molecule has 0 amide bonds. The van der Waals surface area contributed by atoms with Crippen LogP contribution in [0.25, 0.3) is 0 Å². The van der Waals surface area contributed by atoms with E-state index in [-0.39, 0.29) is 17.3 Å². The highest BCUT2D eigenvalue weighted by Crippen LogP contribution is 2.26. The van der Waals surface area contributed by atoms with E-state index in [0.717, 1.165) is 17.8 Å². The Morgan fingerprint density at radius 2 is 2.32 bits per heavy atom. The number of benzene rings is 1. The van der Waals surface area contributed by atoms with Crippen LogP contribution < -0.4 is 16.0 Å². The van der Waals surface area contributed by atoms with Crippen LogP contribution in [0.4, 0.5) is 5.95 Å². The SMILES string of the molecule is COc1cc(O)ccc1CN1CCc2nc(N)[nH]c(=O)c2C1. The van der Waals surface area contributed by atoms with Gasteiger partial charge in [0.15, 0.2) is 0 Å². The van der Waals surface area contributed by atoms with Crippen molar-refractivity contribution in [2.75, 3.05) is 19.4 Å². The van der Waals surface area contributed by atoms with Crippen LogP contribution in [0.1, 0.15) is 16.8 Å². The second-order valence-electron chi connectivity index (χ2n) is 5.33. The Balaban J connectivity index is 1.82. The Morgan fingerprint density at radius 1 is 1.50 bits per heavy atom. The molecule has 1 aromatic heterocycles. The average Bonchev–Trinajstić information content (AvgIpc) is 2.49. The molecule has 0 saturated carbocycles. The molecular weight excluding hydrogens is 284 g/mol. The number of hydrogen-bond acceptors (Lipinski definition) is 6. The van der Waals surface area contributed by atoms with E-state index in [4.69, 9.17) is 10.5 Å². The summed E-state index contributed by atoms with van der Waals surface area (Å²) in [5.41, 5.74) is 7.80. The molecule has 3 rings (SSSR count). The van der Waals surface area contributed by atoms with Gasteiger partial charge in [0.1, 0.15) is 11.5 Å². The molecule has 0 spiro atoms. The fourth-order valence-electron chi connectivity index (χ4n) is 2.74. The molecule has 0 atom stereocenters. The number of anilines is 1. The average molecular weight is 302 g/mol. The Morgan fingerprint density at radius 3 is 3.09 bits per heavy atom. The summed E-state index contributed by atoms with van der Waals surface area (Å²) in [4.78, 5) is 20.9. The van der Waals surface area contributed by atoms with Gasteiger partial charge in [0, 0.05) is 37.7 Å². The number of fused-ring (bicyclic) bond motifs is 1. The van der Waals surface area contributed by atoms with Gasteiger partial charge >= 0.3 is 0 Å². The number of nitrogen functional groups attached to an aromatic ring is 1. The van der Waals surface area contributed by atoms with Crippen LogP contribution in [-0.2, 0) is 19.5 Å². The zero-order valence-electron chi connectivity index (χ0n) is 12.3. The van der Waals surface area contributed by atoms with Crippen LogP contribution in [-0.4, -0.2) is 33.6 Å². The Hall–Kier alpha value is -2.54. The maximum Gasteiger partial charge on any atom is 0.257 e. The normalized spacial score (nSPS) is 14.6. The largest absolute Gasteiger partial charge is 0.508 e. The molecule has 0 bridgehead atoms. The Labute approximate surface area is 127 Å². The summed E-state index contributed by atoms with van der Waals surface area (Å²) in [5, 5.41) is 9.51. The number of aromatic hydroxyl groups is 1. The summed E-state index contributed by atoms with van der Waals surface area (Å²) in [6.07, 6.45) is 0.684. The highest BCUT2D eigenvalue weighted by Gasteiger charge is 2.21. The monoisotopic (exact) mass is 302 g/mol. The minimum absolute atomic E-state index is 0.164. The van der Waals surface area contributed by atoms with Gasteiger partial charge < -0.3 is 15.6 Å². The third kappa shape index (κ3) is 2.75. The van der Waals surface area contributed by atoms with E-state index in [0.29, 0.717) is 30.8 Å². The van der Waals surface area contributed by atoms with Gasteiger partial charge in [-0.25, -0.2) is 4.98 Å². The van der Waals surface area contributed by atoms with Crippen LogP contribution >= 0.6 is 0 Å². The third-order valence-electron chi connectivity index (χ3n) is 3.83. The predicted octanol–water partition coefficient (Wildman–Crippen LogP) is 0.625. The van der Waals surface area contributed by atoms with E-state index in [9.17, 15) is 9.90 Å². The molecule has 0 fully saturated rings. The van der Waals surface area contributed by atoms with Crippen molar-refractivity contribution in [1.82, 2.24) is 14.9 Å². The predicted molar refractivity (Wildman–Crippen MR) is 81.7 cm³/mol. The van der Waals surface area contributed by atoms with Gasteiger partial charge in [-0.1, -0.05) is 6.07 Å². The molecule has 0 saturated heterocycles. The first kappa shape index (κ1) is 14.4. The van der Waals surface area contributed by atoms with E-state index < -0.39 is 0 Å². The first-order chi connectivity index (χ1) is 10.6. The molecule has 2 heterocycles. The molecule has 1 aromatic carbocycles. The van der Waals surface area contributed by atoms with Crippen molar-refractivity contribution in [3.63, 3.8) is 0 Å². The van der Waals surface area contributed by atoms with Gasteiger partial charge in [0.05, 0.1) is 18.4 Å². The fraction of sp³-hybridized carbons (Fsp3) is 0.333. The number of nitrogens with two attached hydrogens (primary N) is 1. The van der Waals surface area contributed by atoms with Gasteiger partial charge in [-0.2, -0.15) is 0 Å². The van der Waals surface area contributed by atoms with Crippen molar-refractivity contribution in [3.05, 3.63) is 45.4 Å². The second-order valence-corrected chi connectivity index (χ2v) is 5.33. The Kier molecular flexibility index (Phi) is 3.72. The van der Waals surface area contributed by atoms with Gasteiger partial charge in [-0.3, -0.25) is 14.7 Å². The minimum Gasteiger partial charge on any atom is -0.508 e. The van der Waals surface area contributed by atoms with Crippen molar-refractivity contribution in [3.8, 4) is 11.5 Å². The van der Waals surface area contributed by atoms with E-state index in [1.165, 1.54) is 0 Å². The number of nitrogens with zero attached hydrogens (tertiary/aromatic N) is 2. The lowest BCUT2D eigenvalue weighted by Crippen LogP contribution is -2.35. The molecule has 0 aliphatic carbocycles. The molecule has 2 aromatic rings. The summed E-state index contributed by atoms with van der Waals surface area (Å²) in [5.74, 6) is 0.966. The number of methoxy groups -OCH3 is 1. The van der Waals surface area contributed by atoms with Crippen molar-refractivity contribution in [2.24, 2.45) is 0 Å². The molecule has 1 aliphatic rings. The maximum atomic E-state index is 12.0. The van der Waals surface area contributed by atoms with Gasteiger partial charge in [-0.05, 0) is 6.07 Å². The van der Waals surface area contributed by atoms with Crippen LogP contribution in [0.15, 0.2) is 23.0 Å². The molecule has 7 nitrogen and oxygen atoms in total. The topological polar surface area (TPSA) is 104 Å². The van der Waals surface area contributed by atoms with Crippen LogP contribution in [0, 0.1) is 0 Å². The summed E-state index contributed by atoms with van der Waals surface area (Å²) >= 11 is 0. The Bertz CT molecular complexity index is 757. The van der Waals surface area contributed by atoms with E-state index in [1.54, 1.807) is 19.2 Å². The summed E-state index contributed by atoms with van der Waals surface area (Å²) in [7, 11) is 1.57. The zero-order chi connectivity index (χ0) is 15.7. The third-order valence-corrected chi connectivity index (χ3v) is 3.83. The van der Waals surface area contributed by atoms with Gasteiger partial charge in [0.2, 0.25) is 5.95 Å². The molecule has 22 heavy (non-hydrogen) atoms. The quantitative estimate of drug-likeness (QED) is 0.768. The van der Waals surface area contributed by atoms with Crippen molar-refractivity contribution < 1.29 is 9.84 Å². The van der Waals surface area contributed by atoms with Gasteiger partial charge in [0.25, 0.3) is 5.56 Å². The van der Waals surface area contributed by atoms with Crippen molar-refractivity contribution >= 4 is 5.95 Å². The molecule has 0 unspecified atom stereocenters. The van der Waals surface area contributed by atoms with Crippen LogP contribution in [0.2, 0.25) is 0 Å². The number of nitrogens with one attached hydrogen (secondary N) is 1. The molecule has 7 heteroatoms. The smallest absolute Gasteiger partial charge is 0.257 e. The van der Waals surface area contributed by atoms with E-state index in [2.05, 4.69) is 14.9 Å². The highest BCUT2D eigenvalue weighted by molar-refractivity contribution is 5.40. The zero-order valence-corrected chi connectivity index (χ0v) is 12.3. The molecule has 0 radical (unpaired) electrons. The lowest BCUT2D eigenvalue weighted by Gasteiger charge is -2.28. The van der Waals surface area contributed by atoms with E-state index >= 15 is 0 Å². The highest BCUT2D eigenvalue weighted by atomic mass is 16.5. The summed E-state index contributed by atoms with van der Waals surface area (Å²) in [6.45, 7) is 1.93. The lowest BCUT2D eigenvalue weighted by atomic mass is 10.1. The minimum atomic E-state index is -0.176. The summed E-state index contributed by atoms with van der Waals surface area (Å²) < 4.78 is 5.29. The second kappa shape index (κ2) is 5.69. The summed E-state index contributed by atoms with van der Waals surface area (Å²) in [6, 6.07) is 5.04. The number of phenols is 1. The van der Waals surface area contributed by atoms with Crippen molar-refractivity contribution in [1.29, 1.82) is 0 Å². The molecular formula is C15H18N4O3. The number of hydrogen-bond donors (Lipinski definition) is 3. The molecule has 116 valence electrons. The van der Waals surface area contributed by atoms with Gasteiger partial charge in [-0.15, -0.1) is 0 Å². The number of aromatic amines is 1. The number of phenolic OH excluding ortho intramolecular Hbond substituents is 1. The van der Waals surface area contributed by atoms with Crippen LogP contribution in [0.3, 0.4) is 0 Å². The standard InChI is InChI=1S/C15H18N4O3/c1-22-13-6-10(20)3-2-9(13)7-19-5-4-12-11(8-19)14(21)18-15(16)17-12/h2-3,6,20H,4-5,7-8H2,1H3,(H3,16,17,18,21). The number of aromatic nitrogens is 2. The van der Waals surface area contributed by atoms with Crippen molar-refractivity contribution in [2.45, 2.75) is 19.5 Å².